The molecule has 1 aliphatic rings. The topological polar surface area (TPSA) is 33.5 Å². The molecule has 1 heterocycles. The van der Waals surface area contributed by atoms with Gasteiger partial charge in [-0.2, -0.15) is 0 Å². The lowest BCUT2D eigenvalue weighted by Crippen LogP contribution is -2.40. The first-order valence-corrected chi connectivity index (χ1v) is 7.17. The number of nitrogens with zero attached hydrogens (tertiary/aromatic N) is 1. The monoisotopic (exact) mass is 319 g/mol. The van der Waals surface area contributed by atoms with E-state index in [0.717, 1.165) is 12.8 Å². The number of furan rings is 1. The summed E-state index contributed by atoms with van der Waals surface area (Å²) in [4.78, 5) is 14.1. The highest BCUT2D eigenvalue weighted by molar-refractivity contribution is 9.10. The molecule has 1 aromatic heterocycles. The van der Waals surface area contributed by atoms with Crippen molar-refractivity contribution in [2.75, 3.05) is 12.4 Å². The van der Waals surface area contributed by atoms with Crippen molar-refractivity contribution in [3.8, 4) is 0 Å². The van der Waals surface area contributed by atoms with Crippen molar-refractivity contribution in [2.45, 2.75) is 31.7 Å². The van der Waals surface area contributed by atoms with Crippen LogP contribution in [0.1, 0.15) is 36.2 Å². The number of alkyl halides is 1. The first-order chi connectivity index (χ1) is 8.22. The average molecular weight is 321 g/mol. The summed E-state index contributed by atoms with van der Waals surface area (Å²) >= 11 is 8.99. The molecule has 1 saturated carbocycles. The van der Waals surface area contributed by atoms with Gasteiger partial charge in [0.25, 0.3) is 5.91 Å². The molecule has 0 aromatic carbocycles. The first-order valence-electron chi connectivity index (χ1n) is 5.84. The Morgan fingerprint density at radius 1 is 1.47 bits per heavy atom. The molecule has 1 aliphatic carbocycles. The second kappa shape index (κ2) is 5.91. The fourth-order valence-electron chi connectivity index (χ4n) is 2.33. The molecular weight excluding hydrogens is 305 g/mol. The Kier molecular flexibility index (Phi) is 4.51. The van der Waals surface area contributed by atoms with Gasteiger partial charge in [0.05, 0.1) is 0 Å². The summed E-state index contributed by atoms with van der Waals surface area (Å²) in [5.74, 6) is 0.793. The molecule has 1 fully saturated rings. The fourth-order valence-corrected chi connectivity index (χ4v) is 2.82. The molecular formula is C12H15BrClNO2. The molecule has 0 bridgehead atoms. The molecule has 0 saturated heterocycles. The molecule has 1 amide bonds. The highest BCUT2D eigenvalue weighted by atomic mass is 79.9. The third kappa shape index (κ3) is 3.05. The van der Waals surface area contributed by atoms with Crippen LogP contribution in [0.25, 0.3) is 0 Å². The van der Waals surface area contributed by atoms with Gasteiger partial charge in [0.1, 0.15) is 0 Å². The van der Waals surface area contributed by atoms with E-state index in [4.69, 9.17) is 16.0 Å². The minimum absolute atomic E-state index is 0.0525. The summed E-state index contributed by atoms with van der Waals surface area (Å²) in [5, 5.41) is 0. The van der Waals surface area contributed by atoms with Crippen LogP contribution in [-0.4, -0.2) is 29.3 Å². The summed E-state index contributed by atoms with van der Waals surface area (Å²) in [7, 11) is 0. The van der Waals surface area contributed by atoms with E-state index in [2.05, 4.69) is 15.9 Å². The zero-order valence-corrected chi connectivity index (χ0v) is 11.8. The summed E-state index contributed by atoms with van der Waals surface area (Å²) in [5.41, 5.74) is 0. The Bertz CT molecular complexity index is 388. The Balaban J connectivity index is 2.12. The van der Waals surface area contributed by atoms with E-state index in [9.17, 15) is 4.79 Å². The van der Waals surface area contributed by atoms with E-state index in [-0.39, 0.29) is 5.91 Å². The lowest BCUT2D eigenvalue weighted by Gasteiger charge is -2.27. The predicted molar refractivity (Wildman–Crippen MR) is 70.4 cm³/mol. The van der Waals surface area contributed by atoms with Crippen LogP contribution in [0.3, 0.4) is 0 Å². The van der Waals surface area contributed by atoms with Crippen LogP contribution < -0.4 is 0 Å². The molecule has 0 atom stereocenters. The van der Waals surface area contributed by atoms with Gasteiger partial charge in [-0.3, -0.25) is 4.79 Å². The van der Waals surface area contributed by atoms with E-state index >= 15 is 0 Å². The zero-order chi connectivity index (χ0) is 12.3. The van der Waals surface area contributed by atoms with Gasteiger partial charge in [0.2, 0.25) is 0 Å². The smallest absolute Gasteiger partial charge is 0.289 e. The molecule has 94 valence electrons. The zero-order valence-electron chi connectivity index (χ0n) is 9.49. The van der Waals surface area contributed by atoms with E-state index in [1.165, 1.54) is 12.8 Å². The number of rotatable bonds is 4. The van der Waals surface area contributed by atoms with Crippen LogP contribution in [0.5, 0.6) is 0 Å². The number of halogens is 2. The van der Waals surface area contributed by atoms with Crippen LogP contribution in [0, 0.1) is 0 Å². The number of hydrogen-bond acceptors (Lipinski definition) is 2. The largest absolute Gasteiger partial charge is 0.444 e. The second-order valence-corrected chi connectivity index (χ2v) is 5.39. The Hall–Kier alpha value is -0.480. The third-order valence-corrected chi connectivity index (χ3v) is 3.73. The first kappa shape index (κ1) is 13.0. The van der Waals surface area contributed by atoms with Crippen molar-refractivity contribution in [3.05, 3.63) is 22.6 Å². The minimum Gasteiger partial charge on any atom is -0.444 e. The van der Waals surface area contributed by atoms with Crippen molar-refractivity contribution in [1.82, 2.24) is 4.90 Å². The molecule has 2 rings (SSSR count). The Morgan fingerprint density at radius 2 is 2.18 bits per heavy atom. The van der Waals surface area contributed by atoms with Crippen molar-refractivity contribution >= 4 is 33.4 Å². The van der Waals surface area contributed by atoms with Crippen molar-refractivity contribution in [2.24, 2.45) is 0 Å². The van der Waals surface area contributed by atoms with Gasteiger partial charge < -0.3 is 9.32 Å². The molecule has 0 N–H and O–H groups in total. The maximum Gasteiger partial charge on any atom is 0.289 e. The SMILES string of the molecule is O=C(c1ccc(Br)o1)N(CCCl)C1CCCC1. The van der Waals surface area contributed by atoms with Gasteiger partial charge in [-0.25, -0.2) is 0 Å². The van der Waals surface area contributed by atoms with E-state index < -0.39 is 0 Å². The molecule has 5 heteroatoms. The summed E-state index contributed by atoms with van der Waals surface area (Å²) in [6.45, 7) is 0.587. The van der Waals surface area contributed by atoms with Crippen molar-refractivity contribution < 1.29 is 9.21 Å². The maximum absolute atomic E-state index is 12.3. The molecule has 17 heavy (non-hydrogen) atoms. The molecule has 0 aliphatic heterocycles. The van der Waals surface area contributed by atoms with Gasteiger partial charge in [-0.05, 0) is 40.9 Å². The van der Waals surface area contributed by atoms with E-state index in [1.54, 1.807) is 12.1 Å². The van der Waals surface area contributed by atoms with Gasteiger partial charge in [-0.15, -0.1) is 11.6 Å². The Morgan fingerprint density at radius 3 is 2.71 bits per heavy atom. The van der Waals surface area contributed by atoms with Crippen molar-refractivity contribution in [1.29, 1.82) is 0 Å². The highest BCUT2D eigenvalue weighted by Gasteiger charge is 2.28. The number of amides is 1. The van der Waals surface area contributed by atoms with Crippen LogP contribution in [0.2, 0.25) is 0 Å². The number of carbonyl (C=O) groups excluding carboxylic acids is 1. The van der Waals surface area contributed by atoms with Crippen LogP contribution in [0.15, 0.2) is 21.2 Å². The van der Waals surface area contributed by atoms with Gasteiger partial charge in [0.15, 0.2) is 10.4 Å². The quantitative estimate of drug-likeness (QED) is 0.793. The maximum atomic E-state index is 12.3. The van der Waals surface area contributed by atoms with Crippen LogP contribution >= 0.6 is 27.5 Å². The summed E-state index contributed by atoms with van der Waals surface area (Å²) in [6.07, 6.45) is 4.53. The lowest BCUT2D eigenvalue weighted by molar-refractivity contribution is 0.0661. The third-order valence-electron chi connectivity index (χ3n) is 3.14. The fraction of sp³-hybridized carbons (Fsp3) is 0.583. The van der Waals surface area contributed by atoms with E-state index in [1.807, 2.05) is 4.90 Å². The normalized spacial score (nSPS) is 16.4. The van der Waals surface area contributed by atoms with Crippen LogP contribution in [-0.2, 0) is 0 Å². The Labute approximate surface area is 114 Å². The van der Waals surface area contributed by atoms with Crippen molar-refractivity contribution in [3.63, 3.8) is 0 Å². The summed E-state index contributed by atoms with van der Waals surface area (Å²) in [6, 6.07) is 3.76. The average Bonchev–Trinajstić information content (AvgIpc) is 2.95. The molecule has 3 nitrogen and oxygen atoms in total. The minimum atomic E-state index is -0.0525. The van der Waals surface area contributed by atoms with Gasteiger partial charge >= 0.3 is 0 Å². The molecule has 0 spiro atoms. The summed E-state index contributed by atoms with van der Waals surface area (Å²) < 4.78 is 5.90. The number of carbonyl (C=O) groups is 1. The molecule has 0 radical (unpaired) electrons. The molecule has 1 aromatic rings. The molecule has 0 unspecified atom stereocenters. The van der Waals surface area contributed by atoms with Gasteiger partial charge in [-0.1, -0.05) is 12.8 Å². The predicted octanol–water partition coefficient (Wildman–Crippen LogP) is 3.67. The van der Waals surface area contributed by atoms with Crippen LogP contribution in [0.4, 0.5) is 0 Å². The van der Waals surface area contributed by atoms with Gasteiger partial charge in [0, 0.05) is 18.5 Å². The highest BCUT2D eigenvalue weighted by Crippen LogP contribution is 2.25. The standard InChI is InChI=1S/C12H15BrClNO2/c13-11-6-5-10(17-11)12(16)15(8-7-14)9-3-1-2-4-9/h5-6,9H,1-4,7-8H2. The van der Waals surface area contributed by atoms with E-state index in [0.29, 0.717) is 28.9 Å². The lowest BCUT2D eigenvalue weighted by atomic mass is 10.2. The number of hydrogen-bond donors (Lipinski definition) is 0. The second-order valence-electron chi connectivity index (χ2n) is 4.23.